The van der Waals surface area contributed by atoms with E-state index in [9.17, 15) is 9.59 Å². The number of para-hydroxylation sites is 1. The standard InChI is InChI=1S/C20H27N3O2S/c1-5-15(6-2)23-12-14(11-18(23)24)20(25)22(4)13(3)19-21-16-9-7-8-10-17(16)26-19/h7-10,13-15H,5-6,11-12H2,1-4H3. The van der Waals surface area contributed by atoms with Crippen LogP contribution in [0.2, 0.25) is 0 Å². The minimum absolute atomic E-state index is 0.0403. The van der Waals surface area contributed by atoms with Crippen molar-refractivity contribution in [1.82, 2.24) is 14.8 Å². The zero-order valence-corrected chi connectivity index (χ0v) is 16.8. The van der Waals surface area contributed by atoms with E-state index in [2.05, 4.69) is 18.8 Å². The van der Waals surface area contributed by atoms with Crippen molar-refractivity contribution in [3.63, 3.8) is 0 Å². The number of rotatable bonds is 6. The number of amides is 2. The molecule has 1 fully saturated rings. The summed E-state index contributed by atoms with van der Waals surface area (Å²) in [6.45, 7) is 6.74. The maximum atomic E-state index is 13.0. The van der Waals surface area contributed by atoms with Crippen molar-refractivity contribution in [2.45, 2.75) is 52.1 Å². The summed E-state index contributed by atoms with van der Waals surface area (Å²) in [4.78, 5) is 33.7. The number of carbonyl (C=O) groups excluding carboxylic acids is 2. The predicted molar refractivity (Wildman–Crippen MR) is 105 cm³/mol. The second-order valence-electron chi connectivity index (χ2n) is 7.06. The number of fused-ring (bicyclic) bond motifs is 1. The second kappa shape index (κ2) is 7.74. The lowest BCUT2D eigenvalue weighted by Gasteiger charge is -2.28. The minimum Gasteiger partial charge on any atom is -0.339 e. The Morgan fingerprint density at radius 2 is 2.04 bits per heavy atom. The fraction of sp³-hybridized carbons (Fsp3) is 0.550. The molecule has 1 aromatic heterocycles. The summed E-state index contributed by atoms with van der Waals surface area (Å²) in [6.07, 6.45) is 2.19. The summed E-state index contributed by atoms with van der Waals surface area (Å²) < 4.78 is 1.13. The summed E-state index contributed by atoms with van der Waals surface area (Å²) in [5.74, 6) is -0.0958. The Labute approximate surface area is 159 Å². The molecular formula is C20H27N3O2S. The van der Waals surface area contributed by atoms with E-state index in [0.717, 1.165) is 28.1 Å². The van der Waals surface area contributed by atoms with Crippen molar-refractivity contribution < 1.29 is 9.59 Å². The Kier molecular flexibility index (Phi) is 5.61. The molecule has 2 atom stereocenters. The number of benzene rings is 1. The van der Waals surface area contributed by atoms with Crippen LogP contribution in [0.4, 0.5) is 0 Å². The molecule has 6 heteroatoms. The highest BCUT2D eigenvalue weighted by molar-refractivity contribution is 7.18. The van der Waals surface area contributed by atoms with Crippen LogP contribution in [0.1, 0.15) is 51.1 Å². The van der Waals surface area contributed by atoms with Crippen molar-refractivity contribution in [3.05, 3.63) is 29.3 Å². The molecule has 140 valence electrons. The third-order valence-electron chi connectivity index (χ3n) is 5.49. The summed E-state index contributed by atoms with van der Waals surface area (Å²) in [5.41, 5.74) is 0.969. The van der Waals surface area contributed by atoms with Gasteiger partial charge in [-0.2, -0.15) is 0 Å². The lowest BCUT2D eigenvalue weighted by Crippen LogP contribution is -2.39. The Hall–Kier alpha value is -1.95. The molecule has 0 N–H and O–H groups in total. The maximum Gasteiger partial charge on any atom is 0.228 e. The van der Waals surface area contributed by atoms with Gasteiger partial charge >= 0.3 is 0 Å². The van der Waals surface area contributed by atoms with E-state index in [-0.39, 0.29) is 29.8 Å². The number of aromatic nitrogens is 1. The Balaban J connectivity index is 1.72. The largest absolute Gasteiger partial charge is 0.339 e. The van der Waals surface area contributed by atoms with Crippen LogP contribution in [-0.4, -0.2) is 46.2 Å². The molecule has 2 unspecified atom stereocenters. The number of likely N-dealkylation sites (tertiary alicyclic amines) is 1. The summed E-state index contributed by atoms with van der Waals surface area (Å²) >= 11 is 1.62. The van der Waals surface area contributed by atoms with E-state index in [4.69, 9.17) is 0 Å². The van der Waals surface area contributed by atoms with Crippen LogP contribution in [0.3, 0.4) is 0 Å². The number of carbonyl (C=O) groups is 2. The number of nitrogens with zero attached hydrogens (tertiary/aromatic N) is 3. The van der Waals surface area contributed by atoms with E-state index >= 15 is 0 Å². The molecule has 1 aliphatic heterocycles. The molecule has 0 saturated carbocycles. The number of hydrogen-bond donors (Lipinski definition) is 0. The smallest absolute Gasteiger partial charge is 0.228 e. The van der Waals surface area contributed by atoms with Gasteiger partial charge in [0.25, 0.3) is 0 Å². The molecule has 2 amide bonds. The van der Waals surface area contributed by atoms with Gasteiger partial charge in [0.2, 0.25) is 11.8 Å². The van der Waals surface area contributed by atoms with Gasteiger partial charge in [0.05, 0.1) is 22.2 Å². The average Bonchev–Trinajstić information content (AvgIpc) is 3.25. The first-order chi connectivity index (χ1) is 12.5. The van der Waals surface area contributed by atoms with Crippen molar-refractivity contribution >= 4 is 33.4 Å². The fourth-order valence-electron chi connectivity index (χ4n) is 3.69. The van der Waals surface area contributed by atoms with Crippen LogP contribution in [0, 0.1) is 5.92 Å². The molecule has 2 aromatic rings. The maximum absolute atomic E-state index is 13.0. The van der Waals surface area contributed by atoms with E-state index in [0.29, 0.717) is 13.0 Å². The van der Waals surface area contributed by atoms with E-state index in [1.807, 2.05) is 43.1 Å². The quantitative estimate of drug-likeness (QED) is 0.773. The lowest BCUT2D eigenvalue weighted by atomic mass is 10.1. The molecule has 0 aliphatic carbocycles. The summed E-state index contributed by atoms with van der Waals surface area (Å²) in [5, 5.41) is 0.934. The normalized spacial score (nSPS) is 18.7. The van der Waals surface area contributed by atoms with Gasteiger partial charge in [0.1, 0.15) is 5.01 Å². The molecule has 1 aromatic carbocycles. The lowest BCUT2D eigenvalue weighted by molar-refractivity contribution is -0.136. The molecule has 0 spiro atoms. The molecule has 0 bridgehead atoms. The van der Waals surface area contributed by atoms with Crippen molar-refractivity contribution in [2.24, 2.45) is 5.92 Å². The highest BCUT2D eigenvalue weighted by Gasteiger charge is 2.39. The Morgan fingerprint density at radius 3 is 2.69 bits per heavy atom. The third-order valence-corrected chi connectivity index (χ3v) is 6.69. The first-order valence-corrected chi connectivity index (χ1v) is 10.2. The van der Waals surface area contributed by atoms with E-state index in [1.165, 1.54) is 0 Å². The molecule has 1 saturated heterocycles. The van der Waals surface area contributed by atoms with Gasteiger partial charge in [0.15, 0.2) is 0 Å². The van der Waals surface area contributed by atoms with Gasteiger partial charge in [-0.05, 0) is 31.9 Å². The van der Waals surface area contributed by atoms with Gasteiger partial charge in [-0.3, -0.25) is 9.59 Å². The zero-order chi connectivity index (χ0) is 18.8. The van der Waals surface area contributed by atoms with Crippen molar-refractivity contribution in [3.8, 4) is 0 Å². The van der Waals surface area contributed by atoms with Crippen LogP contribution in [0.5, 0.6) is 0 Å². The van der Waals surface area contributed by atoms with Crippen molar-refractivity contribution in [2.75, 3.05) is 13.6 Å². The average molecular weight is 374 g/mol. The highest BCUT2D eigenvalue weighted by atomic mass is 32.1. The number of thiazole rings is 1. The van der Waals surface area contributed by atoms with Crippen LogP contribution in [0.15, 0.2) is 24.3 Å². The first kappa shape index (κ1) is 18.8. The minimum atomic E-state index is -0.245. The Morgan fingerprint density at radius 1 is 1.35 bits per heavy atom. The third kappa shape index (κ3) is 3.47. The molecule has 2 heterocycles. The molecule has 5 nitrogen and oxygen atoms in total. The SMILES string of the molecule is CCC(CC)N1CC(C(=O)N(C)C(C)c2nc3ccccc3s2)CC1=O. The molecular weight excluding hydrogens is 346 g/mol. The van der Waals surface area contributed by atoms with Gasteiger partial charge in [-0.15, -0.1) is 11.3 Å². The second-order valence-corrected chi connectivity index (χ2v) is 8.12. The Bertz CT molecular complexity index is 766. The predicted octanol–water partition coefficient (Wildman–Crippen LogP) is 3.85. The monoisotopic (exact) mass is 373 g/mol. The van der Waals surface area contributed by atoms with E-state index < -0.39 is 0 Å². The molecule has 26 heavy (non-hydrogen) atoms. The topological polar surface area (TPSA) is 53.5 Å². The van der Waals surface area contributed by atoms with Gasteiger partial charge in [-0.1, -0.05) is 26.0 Å². The fourth-order valence-corrected chi connectivity index (χ4v) is 4.76. The van der Waals surface area contributed by atoms with Crippen LogP contribution in [0.25, 0.3) is 10.2 Å². The van der Waals surface area contributed by atoms with Crippen LogP contribution < -0.4 is 0 Å². The summed E-state index contributed by atoms with van der Waals surface area (Å²) in [7, 11) is 1.82. The molecule has 1 aliphatic rings. The van der Waals surface area contributed by atoms with E-state index in [1.54, 1.807) is 16.2 Å². The zero-order valence-electron chi connectivity index (χ0n) is 15.9. The van der Waals surface area contributed by atoms with Crippen LogP contribution >= 0.6 is 11.3 Å². The summed E-state index contributed by atoms with van der Waals surface area (Å²) in [6, 6.07) is 8.16. The molecule has 3 rings (SSSR count). The molecule has 0 radical (unpaired) electrons. The van der Waals surface area contributed by atoms with Crippen molar-refractivity contribution in [1.29, 1.82) is 0 Å². The number of hydrogen-bond acceptors (Lipinski definition) is 4. The highest BCUT2D eigenvalue weighted by Crippen LogP contribution is 2.31. The van der Waals surface area contributed by atoms with Gasteiger partial charge in [-0.25, -0.2) is 4.98 Å². The van der Waals surface area contributed by atoms with Gasteiger partial charge in [0, 0.05) is 26.1 Å². The van der Waals surface area contributed by atoms with Crippen LogP contribution in [-0.2, 0) is 9.59 Å². The van der Waals surface area contributed by atoms with Gasteiger partial charge < -0.3 is 9.80 Å². The first-order valence-electron chi connectivity index (χ1n) is 9.37.